The third kappa shape index (κ3) is 3.06. The predicted molar refractivity (Wildman–Crippen MR) is 59.7 cm³/mol. The molecule has 1 rings (SSSR count). The van der Waals surface area contributed by atoms with Gasteiger partial charge in [-0.1, -0.05) is 13.5 Å². The quantitative estimate of drug-likeness (QED) is 0.674. The molecule has 1 aliphatic heterocycles. The molecule has 0 spiro atoms. The Bertz CT molecular complexity index is 291. The zero-order valence-electron chi connectivity index (χ0n) is 9.73. The van der Waals surface area contributed by atoms with E-state index in [2.05, 4.69) is 11.9 Å². The Kier molecular flexibility index (Phi) is 4.49. The Morgan fingerprint density at radius 1 is 1.56 bits per heavy atom. The van der Waals surface area contributed by atoms with Crippen LogP contribution in [0.1, 0.15) is 6.92 Å². The zero-order chi connectivity index (χ0) is 12.1. The molecule has 5 heteroatoms. The number of hydrogen-bond acceptors (Lipinski definition) is 3. The standard InChI is InChI=1S/C11H18N2O3/c1-4-10(14)12-9-6-13(5-8(9)2)11(15)7-16-3/h4,8-9H,1,5-7H2,2-3H3,(H,12,14)/t8-,9+/m1/s1. The molecule has 0 aromatic rings. The second-order valence-corrected chi connectivity index (χ2v) is 4.03. The van der Waals surface area contributed by atoms with Crippen LogP contribution in [-0.4, -0.2) is 49.6 Å². The van der Waals surface area contributed by atoms with E-state index < -0.39 is 0 Å². The second kappa shape index (κ2) is 5.65. The summed E-state index contributed by atoms with van der Waals surface area (Å²) in [7, 11) is 1.49. The van der Waals surface area contributed by atoms with Crippen molar-refractivity contribution < 1.29 is 14.3 Å². The maximum atomic E-state index is 11.6. The summed E-state index contributed by atoms with van der Waals surface area (Å²) in [6, 6.07) is 0.00584. The summed E-state index contributed by atoms with van der Waals surface area (Å²) in [5.41, 5.74) is 0. The average Bonchev–Trinajstić information content (AvgIpc) is 2.61. The summed E-state index contributed by atoms with van der Waals surface area (Å²) in [5, 5.41) is 2.81. The average molecular weight is 226 g/mol. The Labute approximate surface area is 95.4 Å². The van der Waals surface area contributed by atoms with Gasteiger partial charge in [0.05, 0.1) is 6.04 Å². The van der Waals surface area contributed by atoms with Crippen molar-refractivity contribution in [3.8, 4) is 0 Å². The minimum Gasteiger partial charge on any atom is -0.375 e. The van der Waals surface area contributed by atoms with Crippen LogP contribution in [0.3, 0.4) is 0 Å². The first-order valence-electron chi connectivity index (χ1n) is 5.28. The van der Waals surface area contributed by atoms with Crippen LogP contribution in [0.15, 0.2) is 12.7 Å². The first kappa shape index (κ1) is 12.7. The van der Waals surface area contributed by atoms with Crippen LogP contribution in [0.25, 0.3) is 0 Å². The highest BCUT2D eigenvalue weighted by Gasteiger charge is 2.32. The van der Waals surface area contributed by atoms with E-state index in [0.29, 0.717) is 13.1 Å². The van der Waals surface area contributed by atoms with Gasteiger partial charge in [0.2, 0.25) is 11.8 Å². The van der Waals surface area contributed by atoms with Gasteiger partial charge in [-0.25, -0.2) is 0 Å². The molecule has 1 N–H and O–H groups in total. The molecule has 1 fully saturated rings. The molecule has 0 aliphatic carbocycles. The molecule has 0 saturated carbocycles. The highest BCUT2D eigenvalue weighted by Crippen LogP contribution is 2.16. The van der Waals surface area contributed by atoms with Crippen molar-refractivity contribution in [2.45, 2.75) is 13.0 Å². The first-order chi connectivity index (χ1) is 7.58. The van der Waals surface area contributed by atoms with Crippen molar-refractivity contribution in [2.75, 3.05) is 26.8 Å². The van der Waals surface area contributed by atoms with E-state index in [1.807, 2.05) is 6.92 Å². The number of nitrogens with zero attached hydrogens (tertiary/aromatic N) is 1. The van der Waals surface area contributed by atoms with Gasteiger partial charge in [-0.05, 0) is 12.0 Å². The highest BCUT2D eigenvalue weighted by atomic mass is 16.5. The third-order valence-corrected chi connectivity index (χ3v) is 2.75. The van der Waals surface area contributed by atoms with E-state index in [1.165, 1.54) is 13.2 Å². The Balaban J connectivity index is 2.49. The summed E-state index contributed by atoms with van der Waals surface area (Å²) in [6.07, 6.45) is 1.24. The van der Waals surface area contributed by atoms with Crippen LogP contribution >= 0.6 is 0 Å². The number of nitrogens with one attached hydrogen (secondary N) is 1. The van der Waals surface area contributed by atoms with Crippen molar-refractivity contribution in [3.63, 3.8) is 0 Å². The van der Waals surface area contributed by atoms with Gasteiger partial charge in [-0.2, -0.15) is 0 Å². The molecular formula is C11H18N2O3. The molecule has 2 atom stereocenters. The van der Waals surface area contributed by atoms with E-state index in [-0.39, 0.29) is 30.4 Å². The molecule has 1 saturated heterocycles. The first-order valence-corrected chi connectivity index (χ1v) is 5.28. The van der Waals surface area contributed by atoms with Crippen LogP contribution in [0.5, 0.6) is 0 Å². The summed E-state index contributed by atoms with van der Waals surface area (Å²) in [6.45, 7) is 6.70. The van der Waals surface area contributed by atoms with Crippen molar-refractivity contribution in [3.05, 3.63) is 12.7 Å². The van der Waals surface area contributed by atoms with Crippen molar-refractivity contribution >= 4 is 11.8 Å². The summed E-state index contributed by atoms with van der Waals surface area (Å²) in [4.78, 5) is 24.4. The van der Waals surface area contributed by atoms with Gasteiger partial charge in [-0.3, -0.25) is 9.59 Å². The lowest BCUT2D eigenvalue weighted by atomic mass is 10.1. The Hall–Kier alpha value is -1.36. The van der Waals surface area contributed by atoms with Gasteiger partial charge in [-0.15, -0.1) is 0 Å². The van der Waals surface area contributed by atoms with Crippen molar-refractivity contribution in [1.82, 2.24) is 10.2 Å². The van der Waals surface area contributed by atoms with Crippen LogP contribution < -0.4 is 5.32 Å². The molecule has 5 nitrogen and oxygen atoms in total. The van der Waals surface area contributed by atoms with Gasteiger partial charge in [0.25, 0.3) is 0 Å². The molecule has 16 heavy (non-hydrogen) atoms. The Morgan fingerprint density at radius 2 is 2.25 bits per heavy atom. The number of ether oxygens (including phenoxy) is 1. The second-order valence-electron chi connectivity index (χ2n) is 4.03. The molecule has 0 unspecified atom stereocenters. The van der Waals surface area contributed by atoms with Crippen molar-refractivity contribution in [2.24, 2.45) is 5.92 Å². The predicted octanol–water partition coefficient (Wildman–Crippen LogP) is -0.218. The number of methoxy groups -OCH3 is 1. The number of hydrogen-bond donors (Lipinski definition) is 1. The van der Waals surface area contributed by atoms with Gasteiger partial charge in [0.1, 0.15) is 6.61 Å². The fourth-order valence-electron chi connectivity index (χ4n) is 1.81. The largest absolute Gasteiger partial charge is 0.375 e. The van der Waals surface area contributed by atoms with E-state index in [4.69, 9.17) is 4.74 Å². The van der Waals surface area contributed by atoms with Gasteiger partial charge in [0.15, 0.2) is 0 Å². The minimum atomic E-state index is -0.196. The van der Waals surface area contributed by atoms with Crippen LogP contribution in [0.4, 0.5) is 0 Å². The number of carbonyl (C=O) groups excluding carboxylic acids is 2. The molecular weight excluding hydrogens is 208 g/mol. The molecule has 0 aromatic carbocycles. The van der Waals surface area contributed by atoms with Crippen LogP contribution in [0.2, 0.25) is 0 Å². The molecule has 0 aromatic heterocycles. The van der Waals surface area contributed by atoms with Crippen LogP contribution in [-0.2, 0) is 14.3 Å². The van der Waals surface area contributed by atoms with Crippen LogP contribution in [0, 0.1) is 5.92 Å². The monoisotopic (exact) mass is 226 g/mol. The zero-order valence-corrected chi connectivity index (χ0v) is 9.73. The highest BCUT2D eigenvalue weighted by molar-refractivity contribution is 5.87. The smallest absolute Gasteiger partial charge is 0.248 e. The molecule has 90 valence electrons. The third-order valence-electron chi connectivity index (χ3n) is 2.75. The maximum Gasteiger partial charge on any atom is 0.248 e. The van der Waals surface area contributed by atoms with E-state index >= 15 is 0 Å². The topological polar surface area (TPSA) is 58.6 Å². The molecule has 0 bridgehead atoms. The number of carbonyl (C=O) groups is 2. The lowest BCUT2D eigenvalue weighted by molar-refractivity contribution is -0.134. The summed E-state index contributed by atoms with van der Waals surface area (Å²) < 4.78 is 4.79. The lowest BCUT2D eigenvalue weighted by Gasteiger charge is -2.16. The molecule has 0 radical (unpaired) electrons. The maximum absolute atomic E-state index is 11.6. The van der Waals surface area contributed by atoms with E-state index in [1.54, 1.807) is 4.90 Å². The van der Waals surface area contributed by atoms with Gasteiger partial charge < -0.3 is 15.0 Å². The normalized spacial score (nSPS) is 24.2. The van der Waals surface area contributed by atoms with E-state index in [0.717, 1.165) is 0 Å². The SMILES string of the molecule is C=CC(=O)N[C@H]1CN(C(=O)COC)C[C@H]1C. The van der Waals surface area contributed by atoms with E-state index in [9.17, 15) is 9.59 Å². The minimum absolute atomic E-state index is 0.00584. The number of rotatable bonds is 4. The number of likely N-dealkylation sites (tertiary alicyclic amines) is 1. The fraction of sp³-hybridized carbons (Fsp3) is 0.636. The Morgan fingerprint density at radius 3 is 2.81 bits per heavy atom. The van der Waals surface area contributed by atoms with Crippen molar-refractivity contribution in [1.29, 1.82) is 0 Å². The molecule has 2 amide bonds. The summed E-state index contributed by atoms with van der Waals surface area (Å²) in [5.74, 6) is 0.0206. The summed E-state index contributed by atoms with van der Waals surface area (Å²) >= 11 is 0. The fourth-order valence-corrected chi connectivity index (χ4v) is 1.81. The lowest BCUT2D eigenvalue weighted by Crippen LogP contribution is -2.40. The number of amides is 2. The molecule has 1 heterocycles. The van der Waals surface area contributed by atoms with Gasteiger partial charge >= 0.3 is 0 Å². The van der Waals surface area contributed by atoms with Gasteiger partial charge in [0, 0.05) is 20.2 Å². The molecule has 1 aliphatic rings.